The fourth-order valence-electron chi connectivity index (χ4n) is 12.4. The van der Waals surface area contributed by atoms with Crippen LogP contribution in [0, 0.1) is 38.4 Å². The minimum atomic E-state index is -2.07. The van der Waals surface area contributed by atoms with Crippen molar-refractivity contribution in [1.29, 1.82) is 32.5 Å². The van der Waals surface area contributed by atoms with Crippen LogP contribution in [0.15, 0.2) is 54.6 Å². The molecule has 45 nitrogen and oxygen atoms in total. The van der Waals surface area contributed by atoms with E-state index in [1.54, 1.807) is 0 Å². The van der Waals surface area contributed by atoms with Crippen molar-refractivity contribution in [2.45, 2.75) is 184 Å². The van der Waals surface area contributed by atoms with Crippen LogP contribution in [0.1, 0.15) is 157 Å². The molecule has 45 heteroatoms. The van der Waals surface area contributed by atoms with E-state index < -0.39 is 171 Å². The summed E-state index contributed by atoms with van der Waals surface area (Å²) in [6, 6.07) is 0.859. The summed E-state index contributed by atoms with van der Waals surface area (Å²) in [4.78, 5) is 173. The second kappa shape index (κ2) is 42.0. The second-order valence-electron chi connectivity index (χ2n) is 29.5. The minimum absolute atomic E-state index is 0.000159. The van der Waals surface area contributed by atoms with Crippen molar-refractivity contribution in [2.24, 2.45) is 51.8 Å². The number of rotatable bonds is 45. The van der Waals surface area contributed by atoms with E-state index in [2.05, 4.69) is 79.8 Å². The number of amides is 10. The highest BCUT2D eigenvalue weighted by Gasteiger charge is 2.54. The zero-order chi connectivity index (χ0) is 87.6. The normalized spacial score (nSPS) is 14.4. The van der Waals surface area contributed by atoms with Gasteiger partial charge in [-0.1, -0.05) is 0 Å². The number of hydrogen-bond acceptors (Lipinski definition) is 23. The molecule has 0 saturated carbocycles. The number of carbonyl (C=O) groups is 12. The van der Waals surface area contributed by atoms with Crippen LogP contribution < -0.4 is 130 Å². The molecule has 640 valence electrons. The number of carbonyl (C=O) groups excluding carboxylic acids is 12. The molecule has 1 unspecified atom stereocenters. The summed E-state index contributed by atoms with van der Waals surface area (Å²) >= 11 is 0. The van der Waals surface area contributed by atoms with Crippen molar-refractivity contribution in [3.8, 4) is 23.0 Å². The van der Waals surface area contributed by atoms with Gasteiger partial charge in [-0.05, 0) is 162 Å². The number of esters is 1. The van der Waals surface area contributed by atoms with Crippen LogP contribution in [0.3, 0.4) is 0 Å². The summed E-state index contributed by atoms with van der Waals surface area (Å²) in [6.45, 7) is 8.71. The molecule has 1 spiro atoms. The molecule has 3 aromatic rings. The first kappa shape index (κ1) is 94.1. The first-order valence-electron chi connectivity index (χ1n) is 37.3. The summed E-state index contributed by atoms with van der Waals surface area (Å²) in [6.07, 6.45) is -1.19. The Morgan fingerprint density at radius 3 is 1.12 bits per heavy atom. The topological polar surface area (TPSA) is 795 Å². The van der Waals surface area contributed by atoms with Crippen LogP contribution in [0.25, 0.3) is 0 Å². The molecule has 0 radical (unpaired) electrons. The Labute approximate surface area is 673 Å². The molecule has 2 aliphatic rings. The lowest BCUT2D eigenvalue weighted by molar-refractivity contribution is -0.138. The Morgan fingerprint density at radius 1 is 0.427 bits per heavy atom. The molecule has 2 heterocycles. The van der Waals surface area contributed by atoms with Gasteiger partial charge in [-0.15, -0.1) is 0 Å². The molecular formula is C72H111N29O16. The molecule has 117 heavy (non-hydrogen) atoms. The molecule has 0 aliphatic carbocycles. The van der Waals surface area contributed by atoms with Gasteiger partial charge >= 0.3 is 5.97 Å². The summed E-state index contributed by atoms with van der Waals surface area (Å²) in [5.74, 6) is -16.3. The van der Waals surface area contributed by atoms with Gasteiger partial charge in [0.25, 0.3) is 5.91 Å². The largest absolute Gasteiger partial charge is 0.508 e. The minimum Gasteiger partial charge on any atom is -0.508 e. The van der Waals surface area contributed by atoms with Crippen LogP contribution in [0.5, 0.6) is 23.0 Å². The predicted molar refractivity (Wildman–Crippen MR) is 427 cm³/mol. The van der Waals surface area contributed by atoms with Crippen molar-refractivity contribution < 1.29 is 77.2 Å². The van der Waals surface area contributed by atoms with Gasteiger partial charge < -0.3 is 145 Å². The third-order valence-corrected chi connectivity index (χ3v) is 18.7. The number of benzene rings is 3. The molecule has 0 fully saturated rings. The lowest BCUT2D eigenvalue weighted by Crippen LogP contribution is -2.64. The molecule has 0 bridgehead atoms. The van der Waals surface area contributed by atoms with E-state index >= 15 is 9.59 Å². The predicted octanol–water partition coefficient (Wildman–Crippen LogP) is -5.92. The number of fused-ring (bicyclic) bond motifs is 6. The van der Waals surface area contributed by atoms with Gasteiger partial charge in [-0.25, -0.2) is 4.79 Å². The zero-order valence-corrected chi connectivity index (χ0v) is 66.1. The van der Waals surface area contributed by atoms with Crippen LogP contribution >= 0.6 is 0 Å². The Kier molecular flexibility index (Phi) is 33.8. The molecule has 3 aromatic carbocycles. The van der Waals surface area contributed by atoms with E-state index in [9.17, 15) is 58.2 Å². The lowest BCUT2D eigenvalue weighted by Gasteiger charge is -2.36. The van der Waals surface area contributed by atoms with Crippen LogP contribution in [-0.2, 0) is 58.3 Å². The maximum atomic E-state index is 15.3. The maximum Gasteiger partial charge on any atom is 0.340 e. The van der Waals surface area contributed by atoms with Gasteiger partial charge in [0.15, 0.2) is 47.1 Å². The first-order chi connectivity index (χ1) is 54.7. The van der Waals surface area contributed by atoms with Gasteiger partial charge in [-0.2, -0.15) is 0 Å². The molecule has 5 rings (SSSR count). The van der Waals surface area contributed by atoms with Crippen molar-refractivity contribution in [1.82, 2.24) is 79.8 Å². The fraction of sp³-hybridized carbons (Fsp3) is 0.500. The zero-order valence-electron chi connectivity index (χ0n) is 66.1. The van der Waals surface area contributed by atoms with Crippen molar-refractivity contribution in [3.63, 3.8) is 0 Å². The number of guanidine groups is 6. The molecule has 0 aromatic heterocycles. The van der Waals surface area contributed by atoms with Gasteiger partial charge in [0.1, 0.15) is 75.9 Å². The smallest absolute Gasteiger partial charge is 0.340 e. The highest BCUT2D eigenvalue weighted by atomic mass is 16.6. The lowest BCUT2D eigenvalue weighted by atomic mass is 9.77. The van der Waals surface area contributed by atoms with Crippen molar-refractivity contribution in [3.05, 3.63) is 82.4 Å². The third kappa shape index (κ3) is 27.4. The summed E-state index contributed by atoms with van der Waals surface area (Å²) in [5.41, 5.74) is 37.7. The Hall–Kier alpha value is -13.5. The molecule has 39 N–H and O–H groups in total. The number of nitrogens with one attached hydrogen (secondary N) is 21. The second-order valence-corrected chi connectivity index (χ2v) is 29.5. The summed E-state index contributed by atoms with van der Waals surface area (Å²) < 4.78 is 12.3. The number of hydrogen-bond donors (Lipinski definition) is 31. The monoisotopic (exact) mass is 1640 g/mol. The number of phenols is 2. The SMILES string of the molecule is C[C@H](N)C(=O)C(CCNC(=N)N)[C@H](NC(=O)c1ccc2c(c1)C1(OC2=O)c2ccc(O)cc2Oc2cc(O)ccc21)C(=O)N[C@@H](CCCNC(=N)N)C(=O)NC(C)(C)C(=O)N[C@@H](CCCNC(=N)N)C(=O)N[C@@H](CCCNC(=N)N)C(=O)NC(C)(C)C(=O)N[C@@H](CCCNC(=N)N)C(=O)N[C@@H](CCCNC(=N)N)C(=O)NC(C)(C)C(N)=O. The van der Waals surface area contributed by atoms with Crippen LogP contribution in [0.2, 0.25) is 0 Å². The number of phenolic OH excluding ortho intramolecular Hbond substituents is 2. The number of Topliss-reactive ketones (excluding diaryl/α,β-unsaturated/α-hetero) is 1. The van der Waals surface area contributed by atoms with E-state index in [4.69, 9.17) is 87.8 Å². The fourth-order valence-corrected chi connectivity index (χ4v) is 12.4. The van der Waals surface area contributed by atoms with Gasteiger partial charge in [0, 0.05) is 73.7 Å². The van der Waals surface area contributed by atoms with Crippen LogP contribution in [-0.4, -0.2) is 215 Å². The third-order valence-electron chi connectivity index (χ3n) is 18.7. The molecule has 8 atom stereocenters. The van der Waals surface area contributed by atoms with E-state index in [0.29, 0.717) is 0 Å². The number of primary amides is 1. The average molecular weight is 1640 g/mol. The van der Waals surface area contributed by atoms with Crippen molar-refractivity contribution in [2.75, 3.05) is 39.3 Å². The Balaban J connectivity index is 1.48. The molecular weight excluding hydrogens is 1530 g/mol. The number of ketones is 1. The number of nitrogens with two attached hydrogens (primary N) is 8. The van der Waals surface area contributed by atoms with Crippen LogP contribution in [0.4, 0.5) is 0 Å². The molecule has 10 amide bonds. The average Bonchev–Trinajstić information content (AvgIpc) is 1.58. The van der Waals surface area contributed by atoms with E-state index in [1.807, 2.05) is 0 Å². The highest BCUT2D eigenvalue weighted by Crippen LogP contribution is 2.57. The maximum absolute atomic E-state index is 15.3. The van der Waals surface area contributed by atoms with E-state index in [0.717, 1.165) is 0 Å². The van der Waals surface area contributed by atoms with E-state index in [1.165, 1.54) is 103 Å². The van der Waals surface area contributed by atoms with Crippen molar-refractivity contribution >= 4 is 107 Å². The number of ether oxygens (including phenoxy) is 2. The Bertz CT molecular complexity index is 4210. The van der Waals surface area contributed by atoms with E-state index in [-0.39, 0.29) is 167 Å². The molecule has 2 aliphatic heterocycles. The number of aromatic hydroxyl groups is 2. The highest BCUT2D eigenvalue weighted by molar-refractivity contribution is 6.05. The first-order valence-corrected chi connectivity index (χ1v) is 37.3. The summed E-state index contributed by atoms with van der Waals surface area (Å²) in [5, 5.41) is 106. The molecule has 0 saturated heterocycles. The van der Waals surface area contributed by atoms with Gasteiger partial charge in [-0.3, -0.25) is 85.2 Å². The Morgan fingerprint density at radius 2 is 0.769 bits per heavy atom. The van der Waals surface area contributed by atoms with Gasteiger partial charge in [0.05, 0.1) is 17.5 Å². The summed E-state index contributed by atoms with van der Waals surface area (Å²) in [7, 11) is 0. The standard InChI is InChI=1S/C72H111N29O16/c1-34(73)51(104)39(24-30-92-68(85)86)50(98-52(105)35-18-21-38-42(31-35)72(117-59(38)112)40-22-19-36(102)32-48(40)116-49-33-37(103)20-23-41(49)72)58(111)95-47(17-12-29-91-67(83)84)57(110)101-71(6,7)62(115)97-44(14-9-26-88-64(77)78)54(107)94-46(16-11-28-90-66(81)82)56(109)100-70(4,5)61(114)96-43(13-8-25-87-63(75)76)53(106)93-45(15-10-27-89-65(79)80)55(108)99-69(2,3)60(74)113/h18-23,31-34,39,43-47,50,102-103H,8-17,24-30,73H2,1-7H3,(H2,74,113)(H,93,106)(H,94,107)(H,95,111)(H,96,114)(H,97,115)(H,98,105)(H,99,108)(H,100,109)(H,101,110)(H4,75,76,87)(H4,77,78,88)(H4,79,80,89)(H4,81,82,90)(H4,83,84,91)(H4,85,86,92)/t34-,39?,43-,44-,45-,46-,47-,50-/m0/s1. The quantitative estimate of drug-likeness (QED) is 0.0108. The van der Waals surface area contributed by atoms with Gasteiger partial charge in [0.2, 0.25) is 53.2 Å².